The number of hydrogen-bond acceptors (Lipinski definition) is 5. The van der Waals surface area contributed by atoms with Gasteiger partial charge in [-0.2, -0.15) is 4.31 Å². The molecule has 0 atom stereocenters. The lowest BCUT2D eigenvalue weighted by Gasteiger charge is -2.19. The summed E-state index contributed by atoms with van der Waals surface area (Å²) in [5, 5.41) is 3.32. The van der Waals surface area contributed by atoms with E-state index in [-0.39, 0.29) is 17.3 Å². The summed E-state index contributed by atoms with van der Waals surface area (Å²) in [4.78, 5) is 13.3. The molecule has 0 heterocycles. The summed E-state index contributed by atoms with van der Waals surface area (Å²) in [6.45, 7) is -0.0110. The molecule has 0 aromatic heterocycles. The topological polar surface area (TPSA) is 84.9 Å². The molecule has 0 aliphatic rings. The second kappa shape index (κ2) is 11.5. The normalized spacial score (nSPS) is 11.2. The monoisotopic (exact) mass is 536 g/mol. The summed E-state index contributed by atoms with van der Waals surface area (Å²) in [6.07, 6.45) is 0. The van der Waals surface area contributed by atoms with E-state index < -0.39 is 10.0 Å². The molecular weight excluding hydrogens is 512 g/mol. The Morgan fingerprint density at radius 2 is 1.57 bits per heavy atom. The molecule has 4 rings (SSSR count). The Kier molecular flexibility index (Phi) is 8.13. The average molecular weight is 537 g/mol. The van der Waals surface area contributed by atoms with Gasteiger partial charge in [0.15, 0.2) is 5.75 Å². The Morgan fingerprint density at radius 1 is 0.892 bits per heavy atom. The minimum atomic E-state index is -3.79. The van der Waals surface area contributed by atoms with Gasteiger partial charge in [0.1, 0.15) is 11.5 Å². The predicted octanol–water partition coefficient (Wildman–Crippen LogP) is 6.21. The van der Waals surface area contributed by atoms with Crippen molar-refractivity contribution in [3.63, 3.8) is 0 Å². The summed E-state index contributed by atoms with van der Waals surface area (Å²) >= 11 is 5.90. The maximum atomic E-state index is 13.2. The van der Waals surface area contributed by atoms with Crippen LogP contribution >= 0.6 is 11.6 Å². The first kappa shape index (κ1) is 26.2. The molecular formula is C28H25ClN2O5S. The van der Waals surface area contributed by atoms with Crippen LogP contribution in [0.25, 0.3) is 0 Å². The van der Waals surface area contributed by atoms with Gasteiger partial charge in [-0.3, -0.25) is 4.79 Å². The fourth-order valence-electron chi connectivity index (χ4n) is 3.62. The molecule has 0 saturated heterocycles. The minimum absolute atomic E-state index is 0.0110. The number of nitrogens with zero attached hydrogens (tertiary/aromatic N) is 1. The van der Waals surface area contributed by atoms with E-state index in [2.05, 4.69) is 5.32 Å². The van der Waals surface area contributed by atoms with Crippen molar-refractivity contribution in [1.29, 1.82) is 0 Å². The van der Waals surface area contributed by atoms with Crippen molar-refractivity contribution >= 4 is 33.2 Å². The highest BCUT2D eigenvalue weighted by Gasteiger charge is 2.23. The van der Waals surface area contributed by atoms with Crippen molar-refractivity contribution in [2.45, 2.75) is 11.4 Å². The Morgan fingerprint density at radius 3 is 2.27 bits per heavy atom. The number of hydrogen-bond donors (Lipinski definition) is 1. The van der Waals surface area contributed by atoms with Crippen LogP contribution in [-0.4, -0.2) is 32.8 Å². The summed E-state index contributed by atoms with van der Waals surface area (Å²) < 4.78 is 38.6. The van der Waals surface area contributed by atoms with E-state index in [1.807, 2.05) is 36.4 Å². The lowest BCUT2D eigenvalue weighted by atomic mass is 10.1. The third-order valence-corrected chi connectivity index (χ3v) is 7.63. The van der Waals surface area contributed by atoms with Crippen LogP contribution in [0.2, 0.25) is 5.02 Å². The van der Waals surface area contributed by atoms with E-state index >= 15 is 0 Å². The SMILES string of the molecule is COc1ccc(C(=O)Nc2ccccc2Oc2ccccc2)cc1CN(C)S(=O)(=O)c1ccc(Cl)cc1. The fraction of sp³-hybridized carbons (Fsp3) is 0.107. The van der Waals surface area contributed by atoms with Crippen LogP contribution in [0, 0.1) is 0 Å². The molecule has 0 fully saturated rings. The van der Waals surface area contributed by atoms with Gasteiger partial charge in [-0.1, -0.05) is 41.9 Å². The van der Waals surface area contributed by atoms with Gasteiger partial charge in [-0.15, -0.1) is 0 Å². The fourth-order valence-corrected chi connectivity index (χ4v) is 4.90. The Labute approximate surface area is 221 Å². The number of nitrogens with one attached hydrogen (secondary N) is 1. The predicted molar refractivity (Wildman–Crippen MR) is 144 cm³/mol. The third kappa shape index (κ3) is 6.29. The van der Waals surface area contributed by atoms with Crippen molar-refractivity contribution in [3.8, 4) is 17.2 Å². The highest BCUT2D eigenvalue weighted by molar-refractivity contribution is 7.89. The molecule has 1 N–H and O–H groups in total. The van der Waals surface area contributed by atoms with E-state index in [9.17, 15) is 13.2 Å². The quantitative estimate of drug-likeness (QED) is 0.275. The van der Waals surface area contributed by atoms with Gasteiger partial charge in [0.2, 0.25) is 10.0 Å². The van der Waals surface area contributed by atoms with Gasteiger partial charge in [-0.05, 0) is 66.7 Å². The maximum absolute atomic E-state index is 13.2. The number of methoxy groups -OCH3 is 1. The van der Waals surface area contributed by atoms with Crippen molar-refractivity contribution in [2.75, 3.05) is 19.5 Å². The number of amides is 1. The van der Waals surface area contributed by atoms with Gasteiger partial charge >= 0.3 is 0 Å². The zero-order valence-corrected chi connectivity index (χ0v) is 21.8. The van der Waals surface area contributed by atoms with Crippen LogP contribution < -0.4 is 14.8 Å². The highest BCUT2D eigenvalue weighted by Crippen LogP contribution is 2.30. The molecule has 0 radical (unpaired) electrons. The van der Waals surface area contributed by atoms with Crippen molar-refractivity contribution in [1.82, 2.24) is 4.31 Å². The largest absolute Gasteiger partial charge is 0.496 e. The molecule has 190 valence electrons. The van der Waals surface area contributed by atoms with E-state index in [4.69, 9.17) is 21.1 Å². The Hall–Kier alpha value is -3.85. The number of benzene rings is 4. The number of rotatable bonds is 9. The molecule has 9 heteroatoms. The first-order valence-corrected chi connectivity index (χ1v) is 13.1. The van der Waals surface area contributed by atoms with Gasteiger partial charge in [-0.25, -0.2) is 8.42 Å². The molecule has 0 bridgehead atoms. The van der Waals surface area contributed by atoms with Crippen LogP contribution in [0.15, 0.2) is 102 Å². The summed E-state index contributed by atoms with van der Waals surface area (Å²) in [5.41, 5.74) is 1.36. The maximum Gasteiger partial charge on any atom is 0.255 e. The standard InChI is InChI=1S/C28H25ClN2O5S/c1-31(37(33,34)24-15-13-22(29)14-16-24)19-21-18-20(12-17-26(21)35-2)28(32)30-25-10-6-7-11-27(25)36-23-8-4-3-5-9-23/h3-18H,19H2,1-2H3,(H,30,32). The summed E-state index contributed by atoms with van der Waals surface area (Å²) in [5.74, 6) is 1.21. The Bertz CT molecular complexity index is 1490. The van der Waals surface area contributed by atoms with Crippen LogP contribution in [0.3, 0.4) is 0 Å². The smallest absolute Gasteiger partial charge is 0.255 e. The summed E-state index contributed by atoms with van der Waals surface area (Å²) in [6, 6.07) is 27.2. The molecule has 4 aromatic carbocycles. The van der Waals surface area contributed by atoms with E-state index in [0.29, 0.717) is 39.1 Å². The average Bonchev–Trinajstić information content (AvgIpc) is 2.90. The first-order chi connectivity index (χ1) is 17.8. The minimum Gasteiger partial charge on any atom is -0.496 e. The van der Waals surface area contributed by atoms with Crippen LogP contribution in [0.4, 0.5) is 5.69 Å². The van der Waals surface area contributed by atoms with Gasteiger partial charge in [0, 0.05) is 29.7 Å². The highest BCUT2D eigenvalue weighted by atomic mass is 35.5. The number of ether oxygens (including phenoxy) is 2. The number of sulfonamides is 1. The molecule has 0 saturated carbocycles. The summed E-state index contributed by atoms with van der Waals surface area (Å²) in [7, 11) is -0.839. The molecule has 0 unspecified atom stereocenters. The first-order valence-electron chi connectivity index (χ1n) is 11.3. The Balaban J connectivity index is 1.55. The molecule has 0 aliphatic carbocycles. The second-order valence-corrected chi connectivity index (χ2v) is 10.6. The van der Waals surface area contributed by atoms with E-state index in [1.165, 1.54) is 42.7 Å². The van der Waals surface area contributed by atoms with Gasteiger partial charge in [0.25, 0.3) is 5.91 Å². The van der Waals surface area contributed by atoms with Gasteiger partial charge in [0.05, 0.1) is 17.7 Å². The number of carbonyl (C=O) groups excluding carboxylic acids is 1. The van der Waals surface area contributed by atoms with Crippen molar-refractivity contribution in [2.24, 2.45) is 0 Å². The zero-order chi connectivity index (χ0) is 26.4. The van der Waals surface area contributed by atoms with Crippen molar-refractivity contribution in [3.05, 3.63) is 113 Å². The van der Waals surface area contributed by atoms with E-state index in [0.717, 1.165) is 0 Å². The number of anilines is 1. The number of carbonyl (C=O) groups is 1. The third-order valence-electron chi connectivity index (χ3n) is 5.56. The molecule has 4 aromatic rings. The lowest BCUT2D eigenvalue weighted by Crippen LogP contribution is -2.27. The zero-order valence-electron chi connectivity index (χ0n) is 20.2. The second-order valence-electron chi connectivity index (χ2n) is 8.11. The molecule has 0 aliphatic heterocycles. The number of halogens is 1. The van der Waals surface area contributed by atoms with Crippen LogP contribution in [0.5, 0.6) is 17.2 Å². The van der Waals surface area contributed by atoms with Gasteiger partial charge < -0.3 is 14.8 Å². The van der Waals surface area contributed by atoms with Crippen molar-refractivity contribution < 1.29 is 22.7 Å². The molecule has 37 heavy (non-hydrogen) atoms. The lowest BCUT2D eigenvalue weighted by molar-refractivity contribution is 0.102. The van der Waals surface area contributed by atoms with Crippen LogP contribution in [-0.2, 0) is 16.6 Å². The molecule has 0 spiro atoms. The van der Waals surface area contributed by atoms with Crippen LogP contribution in [0.1, 0.15) is 15.9 Å². The molecule has 7 nitrogen and oxygen atoms in total. The van der Waals surface area contributed by atoms with E-state index in [1.54, 1.807) is 36.4 Å². The molecule has 1 amide bonds. The number of para-hydroxylation sites is 3.